The first kappa shape index (κ1) is 32.9. The monoisotopic (exact) mass is 484 g/mol. The molecule has 0 aromatic heterocycles. The van der Waals surface area contributed by atoms with Crippen molar-refractivity contribution in [3.8, 4) is 0 Å². The Morgan fingerprint density at radius 3 is 1.59 bits per heavy atom. The zero-order valence-corrected chi connectivity index (χ0v) is 23.4. The van der Waals surface area contributed by atoms with Crippen molar-refractivity contribution in [2.75, 3.05) is 27.7 Å². The molecular formula is C29H58NO4+. The van der Waals surface area contributed by atoms with Gasteiger partial charge in [0.15, 0.2) is 6.10 Å². The van der Waals surface area contributed by atoms with Crippen LogP contribution in [0, 0.1) is 5.92 Å². The number of hydrogen-bond donors (Lipinski definition) is 1. The summed E-state index contributed by atoms with van der Waals surface area (Å²) in [4.78, 5) is 23.3. The Hall–Kier alpha value is -1.10. The maximum atomic E-state index is 12.2. The molecule has 0 spiro atoms. The van der Waals surface area contributed by atoms with Crippen molar-refractivity contribution in [3.63, 3.8) is 0 Å². The molecular weight excluding hydrogens is 426 g/mol. The molecule has 2 unspecified atom stereocenters. The van der Waals surface area contributed by atoms with Gasteiger partial charge in [-0.1, -0.05) is 117 Å². The number of quaternary nitrogens is 1. The zero-order valence-electron chi connectivity index (χ0n) is 23.4. The van der Waals surface area contributed by atoms with E-state index in [2.05, 4.69) is 13.8 Å². The number of nitrogens with zero attached hydrogens (tertiary/aromatic N) is 1. The van der Waals surface area contributed by atoms with Gasteiger partial charge >= 0.3 is 11.9 Å². The molecule has 0 aliphatic heterocycles. The highest BCUT2D eigenvalue weighted by molar-refractivity contribution is 5.71. The first-order valence-corrected chi connectivity index (χ1v) is 14.4. The van der Waals surface area contributed by atoms with E-state index < -0.39 is 12.1 Å². The van der Waals surface area contributed by atoms with Crippen LogP contribution >= 0.6 is 0 Å². The van der Waals surface area contributed by atoms with Crippen LogP contribution in [0.25, 0.3) is 0 Å². The molecule has 0 saturated carbocycles. The summed E-state index contributed by atoms with van der Waals surface area (Å²) in [7, 11) is 5.92. The van der Waals surface area contributed by atoms with Crippen molar-refractivity contribution >= 4 is 11.9 Å². The van der Waals surface area contributed by atoms with Crippen LogP contribution in [0.3, 0.4) is 0 Å². The van der Waals surface area contributed by atoms with Gasteiger partial charge in [-0.25, -0.2) is 0 Å². The number of hydrogen-bond acceptors (Lipinski definition) is 3. The standard InChI is InChI=1S/C29H57NO4/c1-6-7-8-9-10-11-12-13-14-15-16-17-18-19-20-21-26(2)22-23-29(33)34-27(24-28(31)32)25-30(3,4)5/h26-27H,6-25H2,1-5H3/p+1. The lowest BCUT2D eigenvalue weighted by atomic mass is 9.97. The van der Waals surface area contributed by atoms with Gasteiger partial charge in [0.25, 0.3) is 0 Å². The van der Waals surface area contributed by atoms with Gasteiger partial charge in [-0.3, -0.25) is 9.59 Å². The molecule has 5 heteroatoms. The third-order valence-electron chi connectivity index (χ3n) is 6.59. The Morgan fingerprint density at radius 2 is 1.18 bits per heavy atom. The van der Waals surface area contributed by atoms with Gasteiger partial charge in [-0.05, 0) is 12.3 Å². The van der Waals surface area contributed by atoms with Crippen LogP contribution in [-0.4, -0.2) is 55.3 Å². The number of aliphatic carboxylic acids is 1. The summed E-state index contributed by atoms with van der Waals surface area (Å²) in [6, 6.07) is 0. The Morgan fingerprint density at radius 1 is 0.735 bits per heavy atom. The van der Waals surface area contributed by atoms with E-state index in [0.717, 1.165) is 12.8 Å². The van der Waals surface area contributed by atoms with Crippen molar-refractivity contribution < 1.29 is 23.9 Å². The van der Waals surface area contributed by atoms with Crippen molar-refractivity contribution in [3.05, 3.63) is 0 Å². The second-order valence-corrected chi connectivity index (χ2v) is 11.6. The molecule has 0 aromatic rings. The van der Waals surface area contributed by atoms with E-state index in [1.54, 1.807) is 0 Å². The molecule has 202 valence electrons. The fourth-order valence-electron chi connectivity index (χ4n) is 4.57. The molecule has 0 aliphatic carbocycles. The minimum absolute atomic E-state index is 0.129. The van der Waals surface area contributed by atoms with Crippen LogP contribution in [-0.2, 0) is 14.3 Å². The summed E-state index contributed by atoms with van der Waals surface area (Å²) < 4.78 is 6.05. The summed E-state index contributed by atoms with van der Waals surface area (Å²) in [5.74, 6) is -0.679. The van der Waals surface area contributed by atoms with Crippen LogP contribution in [0.4, 0.5) is 0 Å². The number of ether oxygens (including phenoxy) is 1. The summed E-state index contributed by atoms with van der Waals surface area (Å²) in [5.41, 5.74) is 0. The third kappa shape index (κ3) is 24.0. The summed E-state index contributed by atoms with van der Waals surface area (Å²) in [6.07, 6.45) is 22.4. The molecule has 5 nitrogen and oxygen atoms in total. The average molecular weight is 485 g/mol. The second kappa shape index (κ2) is 21.2. The molecule has 0 fully saturated rings. The van der Waals surface area contributed by atoms with E-state index in [1.807, 2.05) is 21.1 Å². The number of carbonyl (C=O) groups is 2. The molecule has 1 N–H and O–H groups in total. The topological polar surface area (TPSA) is 63.6 Å². The minimum atomic E-state index is -0.923. The molecule has 0 aromatic carbocycles. The number of carboxylic acid groups (broad SMARTS) is 1. The van der Waals surface area contributed by atoms with E-state index in [1.165, 1.54) is 96.3 Å². The number of likely N-dealkylation sites (N-methyl/N-ethyl adjacent to an activating group) is 1. The normalized spacial score (nSPS) is 13.6. The van der Waals surface area contributed by atoms with Gasteiger partial charge in [0.2, 0.25) is 0 Å². The van der Waals surface area contributed by atoms with Gasteiger partial charge in [0, 0.05) is 6.42 Å². The van der Waals surface area contributed by atoms with Crippen LogP contribution in [0.1, 0.15) is 136 Å². The van der Waals surface area contributed by atoms with Gasteiger partial charge in [0.1, 0.15) is 6.54 Å². The highest BCUT2D eigenvalue weighted by Gasteiger charge is 2.24. The lowest BCUT2D eigenvalue weighted by Crippen LogP contribution is -2.43. The van der Waals surface area contributed by atoms with E-state index in [9.17, 15) is 9.59 Å². The van der Waals surface area contributed by atoms with E-state index in [4.69, 9.17) is 9.84 Å². The lowest BCUT2D eigenvalue weighted by molar-refractivity contribution is -0.873. The van der Waals surface area contributed by atoms with Gasteiger partial charge in [-0.2, -0.15) is 0 Å². The predicted octanol–water partition coefficient (Wildman–Crippen LogP) is 7.76. The van der Waals surface area contributed by atoms with Gasteiger partial charge in [-0.15, -0.1) is 0 Å². The fraction of sp³-hybridized carbons (Fsp3) is 0.931. The van der Waals surface area contributed by atoms with Crippen LogP contribution < -0.4 is 0 Å². The molecule has 0 amide bonds. The summed E-state index contributed by atoms with van der Waals surface area (Å²) in [5, 5.41) is 9.08. The molecule has 0 aliphatic rings. The number of carbonyl (C=O) groups excluding carboxylic acids is 1. The third-order valence-corrected chi connectivity index (χ3v) is 6.59. The van der Waals surface area contributed by atoms with Crippen LogP contribution in [0.2, 0.25) is 0 Å². The second-order valence-electron chi connectivity index (χ2n) is 11.6. The van der Waals surface area contributed by atoms with Crippen LogP contribution in [0.5, 0.6) is 0 Å². The van der Waals surface area contributed by atoms with E-state index in [-0.39, 0.29) is 12.4 Å². The SMILES string of the molecule is CCCCCCCCCCCCCCCCCC(C)CCC(=O)OC(CC(=O)O)C[N+](C)(C)C. The average Bonchev–Trinajstić information content (AvgIpc) is 2.73. The minimum Gasteiger partial charge on any atom is -0.481 e. The summed E-state index contributed by atoms with van der Waals surface area (Å²) in [6.45, 7) is 4.99. The maximum Gasteiger partial charge on any atom is 0.307 e. The Bertz CT molecular complexity index is 501. The van der Waals surface area contributed by atoms with Crippen LogP contribution in [0.15, 0.2) is 0 Å². The van der Waals surface area contributed by atoms with Gasteiger partial charge < -0.3 is 14.3 Å². The fourth-order valence-corrected chi connectivity index (χ4v) is 4.57. The van der Waals surface area contributed by atoms with Crippen molar-refractivity contribution in [1.82, 2.24) is 0 Å². The molecule has 0 heterocycles. The predicted molar refractivity (Wildman–Crippen MR) is 143 cm³/mol. The Kier molecular flexibility index (Phi) is 20.5. The highest BCUT2D eigenvalue weighted by atomic mass is 16.5. The molecule has 2 atom stereocenters. The Balaban J connectivity index is 3.63. The Labute approximate surface area is 211 Å². The molecule has 0 bridgehead atoms. The number of rotatable bonds is 24. The highest BCUT2D eigenvalue weighted by Crippen LogP contribution is 2.18. The first-order valence-electron chi connectivity index (χ1n) is 14.4. The zero-order chi connectivity index (χ0) is 25.7. The lowest BCUT2D eigenvalue weighted by Gasteiger charge is -2.28. The largest absolute Gasteiger partial charge is 0.481 e. The summed E-state index contributed by atoms with van der Waals surface area (Å²) >= 11 is 0. The molecule has 0 rings (SSSR count). The van der Waals surface area contributed by atoms with Crippen molar-refractivity contribution in [2.24, 2.45) is 5.92 Å². The quantitative estimate of drug-likeness (QED) is 0.0863. The number of unbranched alkanes of at least 4 members (excludes halogenated alkanes) is 14. The van der Waals surface area contributed by atoms with E-state index >= 15 is 0 Å². The molecule has 34 heavy (non-hydrogen) atoms. The van der Waals surface area contributed by atoms with Crippen molar-refractivity contribution in [2.45, 2.75) is 142 Å². The molecule has 0 saturated heterocycles. The molecule has 0 radical (unpaired) electrons. The van der Waals surface area contributed by atoms with Crippen molar-refractivity contribution in [1.29, 1.82) is 0 Å². The van der Waals surface area contributed by atoms with Gasteiger partial charge in [0.05, 0.1) is 27.6 Å². The smallest absolute Gasteiger partial charge is 0.307 e. The number of carboxylic acids is 1. The van der Waals surface area contributed by atoms with E-state index in [0.29, 0.717) is 23.4 Å². The number of esters is 1. The maximum absolute atomic E-state index is 12.2. The first-order chi connectivity index (χ1) is 16.1.